The molecule has 0 unspecified atom stereocenters. The van der Waals surface area contributed by atoms with Gasteiger partial charge in [-0.15, -0.1) is 0 Å². The Labute approximate surface area is 132 Å². The van der Waals surface area contributed by atoms with Crippen molar-refractivity contribution in [2.45, 2.75) is 6.92 Å². The van der Waals surface area contributed by atoms with Gasteiger partial charge in [0.05, 0.1) is 11.0 Å². The highest BCUT2D eigenvalue weighted by Gasteiger charge is 2.01. The Morgan fingerprint density at radius 3 is 2.57 bits per heavy atom. The fourth-order valence-electron chi connectivity index (χ4n) is 2.21. The third kappa shape index (κ3) is 3.52. The number of para-hydroxylation sites is 2. The van der Waals surface area contributed by atoms with Gasteiger partial charge in [-0.2, -0.15) is 0 Å². The summed E-state index contributed by atoms with van der Waals surface area (Å²) >= 11 is 0. The second kappa shape index (κ2) is 6.27. The Hall–Kier alpha value is -3.21. The molecule has 0 saturated heterocycles. The van der Waals surface area contributed by atoms with Crippen molar-refractivity contribution in [1.29, 1.82) is 0 Å². The van der Waals surface area contributed by atoms with Gasteiger partial charge in [0.15, 0.2) is 0 Å². The summed E-state index contributed by atoms with van der Waals surface area (Å²) in [5.74, 6) is -0.111. The van der Waals surface area contributed by atoms with Crippen LogP contribution < -0.4 is 10.9 Å². The van der Waals surface area contributed by atoms with Crippen LogP contribution in [0.15, 0.2) is 53.3 Å². The van der Waals surface area contributed by atoms with Crippen LogP contribution in [0.4, 0.5) is 5.69 Å². The normalized spacial score (nSPS) is 11.0. The van der Waals surface area contributed by atoms with Crippen LogP contribution in [0.5, 0.6) is 0 Å². The third-order valence-electron chi connectivity index (χ3n) is 3.29. The average molecular weight is 305 g/mol. The highest BCUT2D eigenvalue weighted by molar-refractivity contribution is 5.88. The van der Waals surface area contributed by atoms with Crippen LogP contribution >= 0.6 is 0 Å². The first-order valence-electron chi connectivity index (χ1n) is 7.16. The number of aromatic amines is 1. The number of hydrogen-bond donors (Lipinski definition) is 2. The summed E-state index contributed by atoms with van der Waals surface area (Å²) in [6.45, 7) is 1.46. The van der Waals surface area contributed by atoms with Crippen LogP contribution in [-0.2, 0) is 4.79 Å². The van der Waals surface area contributed by atoms with Crippen molar-refractivity contribution in [2.24, 2.45) is 0 Å². The van der Waals surface area contributed by atoms with Gasteiger partial charge in [0, 0.05) is 12.6 Å². The van der Waals surface area contributed by atoms with Crippen molar-refractivity contribution in [3.05, 3.63) is 70.1 Å². The molecule has 0 aliphatic carbocycles. The quantitative estimate of drug-likeness (QED) is 0.781. The van der Waals surface area contributed by atoms with E-state index in [4.69, 9.17) is 0 Å². The lowest BCUT2D eigenvalue weighted by Gasteiger charge is -2.02. The largest absolute Gasteiger partial charge is 0.326 e. The Morgan fingerprint density at radius 2 is 1.83 bits per heavy atom. The van der Waals surface area contributed by atoms with Crippen LogP contribution in [-0.4, -0.2) is 15.9 Å². The number of hydrogen-bond acceptors (Lipinski definition) is 3. The number of fused-ring (bicyclic) bond motifs is 1. The summed E-state index contributed by atoms with van der Waals surface area (Å²) in [4.78, 5) is 30.2. The lowest BCUT2D eigenvalue weighted by molar-refractivity contribution is -0.114. The Morgan fingerprint density at radius 1 is 1.09 bits per heavy atom. The molecule has 0 saturated carbocycles. The van der Waals surface area contributed by atoms with Crippen molar-refractivity contribution in [2.75, 3.05) is 5.32 Å². The van der Waals surface area contributed by atoms with E-state index in [1.165, 1.54) is 6.92 Å². The summed E-state index contributed by atoms with van der Waals surface area (Å²) in [6, 6.07) is 14.7. The molecule has 2 N–H and O–H groups in total. The molecule has 0 aliphatic heterocycles. The predicted molar refractivity (Wildman–Crippen MR) is 92.0 cm³/mol. The van der Waals surface area contributed by atoms with Gasteiger partial charge < -0.3 is 10.3 Å². The van der Waals surface area contributed by atoms with Gasteiger partial charge in [-0.3, -0.25) is 9.59 Å². The molecule has 0 spiro atoms. The smallest absolute Gasteiger partial charge is 0.274 e. The third-order valence-corrected chi connectivity index (χ3v) is 3.29. The van der Waals surface area contributed by atoms with Crippen molar-refractivity contribution < 1.29 is 4.79 Å². The number of carbonyl (C=O) groups is 1. The highest BCUT2D eigenvalue weighted by Crippen LogP contribution is 2.12. The van der Waals surface area contributed by atoms with Crippen molar-refractivity contribution in [3.8, 4) is 0 Å². The molecule has 1 amide bonds. The van der Waals surface area contributed by atoms with Crippen LogP contribution in [0.1, 0.15) is 18.2 Å². The maximum Gasteiger partial charge on any atom is 0.274 e. The van der Waals surface area contributed by atoms with Gasteiger partial charge in [-0.1, -0.05) is 30.3 Å². The zero-order chi connectivity index (χ0) is 16.2. The predicted octanol–water partition coefficient (Wildman–Crippen LogP) is 3.05. The first-order chi connectivity index (χ1) is 11.1. The molecule has 1 heterocycles. The SMILES string of the molecule is CC(=O)Nc1ccc(C=Cc2nc3ccccc3[nH]c2=O)cc1. The molecule has 0 bridgehead atoms. The zero-order valence-electron chi connectivity index (χ0n) is 12.5. The lowest BCUT2D eigenvalue weighted by Crippen LogP contribution is -2.11. The summed E-state index contributed by atoms with van der Waals surface area (Å²) in [5, 5.41) is 2.70. The van der Waals surface area contributed by atoms with E-state index in [1.807, 2.05) is 42.5 Å². The van der Waals surface area contributed by atoms with Gasteiger partial charge >= 0.3 is 0 Å². The summed E-state index contributed by atoms with van der Waals surface area (Å²) in [7, 11) is 0. The van der Waals surface area contributed by atoms with E-state index >= 15 is 0 Å². The minimum Gasteiger partial charge on any atom is -0.326 e. The molecule has 5 heteroatoms. The van der Waals surface area contributed by atoms with Crippen LogP contribution in [0.2, 0.25) is 0 Å². The minimum absolute atomic E-state index is 0.111. The number of H-pyrrole nitrogens is 1. The number of nitrogens with one attached hydrogen (secondary N) is 2. The Bertz CT molecular complexity index is 940. The number of aromatic nitrogens is 2. The minimum atomic E-state index is -0.227. The number of nitrogens with zero attached hydrogens (tertiary/aromatic N) is 1. The zero-order valence-corrected chi connectivity index (χ0v) is 12.5. The lowest BCUT2D eigenvalue weighted by atomic mass is 10.2. The van der Waals surface area contributed by atoms with Crippen molar-refractivity contribution in [1.82, 2.24) is 9.97 Å². The van der Waals surface area contributed by atoms with E-state index in [9.17, 15) is 9.59 Å². The van der Waals surface area contributed by atoms with E-state index in [1.54, 1.807) is 18.2 Å². The summed E-state index contributed by atoms with van der Waals surface area (Å²) in [6.07, 6.45) is 3.49. The number of anilines is 1. The Balaban J connectivity index is 1.86. The number of rotatable bonds is 3. The molecule has 3 aromatic rings. The van der Waals surface area contributed by atoms with Crippen molar-refractivity contribution in [3.63, 3.8) is 0 Å². The molecule has 0 atom stereocenters. The molecule has 0 fully saturated rings. The molecule has 0 aliphatic rings. The maximum absolute atomic E-state index is 12.0. The van der Waals surface area contributed by atoms with Gasteiger partial charge in [-0.05, 0) is 35.9 Å². The van der Waals surface area contributed by atoms with Crippen molar-refractivity contribution >= 4 is 34.8 Å². The average Bonchev–Trinajstić information content (AvgIpc) is 2.54. The van der Waals surface area contributed by atoms with Crippen LogP contribution in [0.25, 0.3) is 23.2 Å². The first-order valence-corrected chi connectivity index (χ1v) is 7.16. The molecular formula is C18H15N3O2. The molecule has 5 nitrogen and oxygen atoms in total. The second-order valence-electron chi connectivity index (χ2n) is 5.10. The number of carbonyl (C=O) groups excluding carboxylic acids is 1. The van der Waals surface area contributed by atoms with E-state index in [0.717, 1.165) is 16.8 Å². The second-order valence-corrected chi connectivity index (χ2v) is 5.10. The standard InChI is InChI=1S/C18H15N3O2/c1-12(22)19-14-9-6-13(7-10-14)8-11-17-18(23)21-16-5-3-2-4-15(16)20-17/h2-11H,1H3,(H,19,22)(H,21,23). The topological polar surface area (TPSA) is 74.8 Å². The number of amides is 1. The molecule has 1 aromatic heterocycles. The molecule has 23 heavy (non-hydrogen) atoms. The molecule has 114 valence electrons. The molecule has 0 radical (unpaired) electrons. The molecular weight excluding hydrogens is 290 g/mol. The molecule has 3 rings (SSSR count). The summed E-state index contributed by atoms with van der Waals surface area (Å²) in [5.41, 5.74) is 3.23. The van der Waals surface area contributed by atoms with Gasteiger partial charge in [0.2, 0.25) is 5.91 Å². The van der Waals surface area contributed by atoms with Gasteiger partial charge in [-0.25, -0.2) is 4.98 Å². The monoisotopic (exact) mass is 305 g/mol. The van der Waals surface area contributed by atoms with E-state index in [-0.39, 0.29) is 11.5 Å². The summed E-state index contributed by atoms with van der Waals surface area (Å²) < 4.78 is 0. The van der Waals surface area contributed by atoms with E-state index in [0.29, 0.717) is 11.2 Å². The molecule has 2 aromatic carbocycles. The van der Waals surface area contributed by atoms with E-state index < -0.39 is 0 Å². The first kappa shape index (κ1) is 14.7. The van der Waals surface area contributed by atoms with E-state index in [2.05, 4.69) is 15.3 Å². The fourth-order valence-corrected chi connectivity index (χ4v) is 2.21. The van der Waals surface area contributed by atoms with Gasteiger partial charge in [0.1, 0.15) is 5.69 Å². The number of benzene rings is 2. The highest BCUT2D eigenvalue weighted by atomic mass is 16.1. The Kier molecular flexibility index (Phi) is 4.01. The van der Waals surface area contributed by atoms with Crippen LogP contribution in [0.3, 0.4) is 0 Å². The maximum atomic E-state index is 12.0. The van der Waals surface area contributed by atoms with Crippen LogP contribution in [0, 0.1) is 0 Å². The van der Waals surface area contributed by atoms with Gasteiger partial charge in [0.25, 0.3) is 5.56 Å². The fraction of sp³-hybridized carbons (Fsp3) is 0.0556.